The van der Waals surface area contributed by atoms with Crippen molar-refractivity contribution in [1.82, 2.24) is 14.3 Å². The number of aromatic nitrogens is 2. The molecule has 0 bridgehead atoms. The molecule has 3 aliphatic heterocycles. The van der Waals surface area contributed by atoms with Gasteiger partial charge in [-0.3, -0.25) is 4.79 Å². The minimum absolute atomic E-state index is 0.0121. The quantitative estimate of drug-likeness (QED) is 0.817. The van der Waals surface area contributed by atoms with Crippen LogP contribution in [-0.2, 0) is 9.47 Å². The van der Waals surface area contributed by atoms with Crippen LogP contribution in [0.1, 0.15) is 28.9 Å². The second kappa shape index (κ2) is 6.29. The Balaban J connectivity index is 1.54. The van der Waals surface area contributed by atoms with Gasteiger partial charge in [-0.1, -0.05) is 0 Å². The third-order valence-corrected chi connectivity index (χ3v) is 6.55. The number of aryl methyl sites for hydroxylation is 1. The van der Waals surface area contributed by atoms with E-state index in [4.69, 9.17) is 9.47 Å². The van der Waals surface area contributed by atoms with Gasteiger partial charge in [0.2, 0.25) is 0 Å². The molecule has 3 saturated heterocycles. The highest BCUT2D eigenvalue weighted by molar-refractivity contribution is 6.00. The van der Waals surface area contributed by atoms with E-state index in [0.29, 0.717) is 50.6 Å². The van der Waals surface area contributed by atoms with E-state index in [0.717, 1.165) is 12.1 Å². The molecule has 0 spiro atoms. The van der Waals surface area contributed by atoms with Crippen LogP contribution in [0.5, 0.6) is 0 Å². The molecule has 2 aromatic heterocycles. The Morgan fingerprint density at radius 2 is 2.19 bits per heavy atom. The van der Waals surface area contributed by atoms with Crippen molar-refractivity contribution >= 4 is 11.6 Å². The minimum atomic E-state index is -0.810. The lowest BCUT2D eigenvalue weighted by atomic mass is 9.66. The largest absolute Gasteiger partial charge is 0.389 e. The molecule has 27 heavy (non-hydrogen) atoms. The molecular formula is C20H25N3O4. The number of fused-ring (bicyclic) bond motifs is 4. The summed E-state index contributed by atoms with van der Waals surface area (Å²) in [4.78, 5) is 20.1. The smallest absolute Gasteiger partial charge is 0.257 e. The molecule has 1 amide bonds. The molecule has 0 aliphatic carbocycles. The molecule has 7 nitrogen and oxygen atoms in total. The van der Waals surface area contributed by atoms with Gasteiger partial charge in [-0.2, -0.15) is 0 Å². The van der Waals surface area contributed by atoms with Crippen LogP contribution >= 0.6 is 0 Å². The Morgan fingerprint density at radius 3 is 3.07 bits per heavy atom. The maximum absolute atomic E-state index is 13.6. The Morgan fingerprint density at radius 1 is 1.33 bits per heavy atom. The number of carbonyl (C=O) groups is 1. The van der Waals surface area contributed by atoms with Crippen molar-refractivity contribution in [3.63, 3.8) is 0 Å². The van der Waals surface area contributed by atoms with E-state index in [9.17, 15) is 9.90 Å². The first-order chi connectivity index (χ1) is 13.1. The summed E-state index contributed by atoms with van der Waals surface area (Å²) in [5, 5.41) is 11.4. The predicted octanol–water partition coefficient (Wildman–Crippen LogP) is 1.27. The van der Waals surface area contributed by atoms with E-state index in [1.54, 1.807) is 0 Å². The van der Waals surface area contributed by atoms with Crippen molar-refractivity contribution in [3.05, 3.63) is 35.8 Å². The maximum atomic E-state index is 13.6. The number of hydrogen-bond donors (Lipinski definition) is 1. The molecule has 0 radical (unpaired) electrons. The summed E-state index contributed by atoms with van der Waals surface area (Å²) in [7, 11) is 0. The molecule has 7 heteroatoms. The Kier molecular flexibility index (Phi) is 4.00. The lowest BCUT2D eigenvalue weighted by Crippen LogP contribution is -2.68. The van der Waals surface area contributed by atoms with E-state index in [1.807, 2.05) is 40.8 Å². The molecular weight excluding hydrogens is 346 g/mol. The third-order valence-electron chi connectivity index (χ3n) is 6.55. The monoisotopic (exact) mass is 371 g/mol. The molecule has 0 aromatic carbocycles. The van der Waals surface area contributed by atoms with E-state index in [1.165, 1.54) is 0 Å². The summed E-state index contributed by atoms with van der Waals surface area (Å²) in [6.07, 6.45) is 5.20. The fourth-order valence-corrected chi connectivity index (χ4v) is 5.15. The van der Waals surface area contributed by atoms with Gasteiger partial charge in [-0.25, -0.2) is 4.98 Å². The lowest BCUT2D eigenvalue weighted by Gasteiger charge is -2.57. The predicted molar refractivity (Wildman–Crippen MR) is 97.6 cm³/mol. The van der Waals surface area contributed by atoms with Gasteiger partial charge in [0, 0.05) is 56.5 Å². The van der Waals surface area contributed by atoms with Crippen molar-refractivity contribution in [2.75, 3.05) is 33.0 Å². The number of hydrogen-bond acceptors (Lipinski definition) is 5. The van der Waals surface area contributed by atoms with Crippen LogP contribution in [0.3, 0.4) is 0 Å². The topological polar surface area (TPSA) is 76.3 Å². The summed E-state index contributed by atoms with van der Waals surface area (Å²) in [6, 6.07) is 3.71. The summed E-state index contributed by atoms with van der Waals surface area (Å²) < 4.78 is 13.2. The number of rotatable bonds is 1. The summed E-state index contributed by atoms with van der Waals surface area (Å²) in [5.74, 6) is -0.172. The number of likely N-dealkylation sites (tertiary alicyclic amines) is 1. The number of amides is 1. The van der Waals surface area contributed by atoms with Crippen molar-refractivity contribution in [2.45, 2.75) is 31.4 Å². The van der Waals surface area contributed by atoms with Crippen LogP contribution in [0.15, 0.2) is 24.5 Å². The van der Waals surface area contributed by atoms with Gasteiger partial charge < -0.3 is 23.9 Å². The Labute approximate surface area is 157 Å². The highest BCUT2D eigenvalue weighted by Crippen LogP contribution is 2.44. The number of nitrogens with zero attached hydrogens (tertiary/aromatic N) is 3. The summed E-state index contributed by atoms with van der Waals surface area (Å²) in [5.41, 5.74) is 1.37. The number of imidazole rings is 1. The molecule has 3 fully saturated rings. The van der Waals surface area contributed by atoms with Crippen LogP contribution in [0.4, 0.5) is 0 Å². The number of carbonyl (C=O) groups excluding carboxylic acids is 1. The van der Waals surface area contributed by atoms with Crippen LogP contribution in [0, 0.1) is 18.8 Å². The van der Waals surface area contributed by atoms with Crippen molar-refractivity contribution in [2.24, 2.45) is 11.8 Å². The van der Waals surface area contributed by atoms with Crippen LogP contribution in [0.2, 0.25) is 0 Å². The average molecular weight is 371 g/mol. The third kappa shape index (κ3) is 2.60. The van der Waals surface area contributed by atoms with Crippen LogP contribution < -0.4 is 0 Å². The highest BCUT2D eigenvalue weighted by atomic mass is 16.5. The van der Waals surface area contributed by atoms with E-state index < -0.39 is 5.60 Å². The average Bonchev–Trinajstić information content (AvgIpc) is 3.07. The molecule has 3 aliphatic rings. The first kappa shape index (κ1) is 17.2. The lowest BCUT2D eigenvalue weighted by molar-refractivity contribution is -0.212. The van der Waals surface area contributed by atoms with Gasteiger partial charge in [0.05, 0.1) is 30.1 Å². The van der Waals surface area contributed by atoms with Gasteiger partial charge in [0.25, 0.3) is 5.91 Å². The van der Waals surface area contributed by atoms with Crippen LogP contribution in [0.25, 0.3) is 5.65 Å². The second-order valence-electron chi connectivity index (χ2n) is 8.04. The van der Waals surface area contributed by atoms with Crippen LogP contribution in [-0.4, -0.2) is 69.9 Å². The van der Waals surface area contributed by atoms with Crippen molar-refractivity contribution < 1.29 is 19.4 Å². The number of piperidine rings is 1. The number of aliphatic hydroxyl groups is 1. The molecule has 144 valence electrons. The van der Waals surface area contributed by atoms with Gasteiger partial charge in [0.1, 0.15) is 5.65 Å². The van der Waals surface area contributed by atoms with E-state index in [-0.39, 0.29) is 23.8 Å². The van der Waals surface area contributed by atoms with Crippen molar-refractivity contribution in [1.29, 1.82) is 0 Å². The molecule has 0 unspecified atom stereocenters. The van der Waals surface area contributed by atoms with Gasteiger partial charge in [0.15, 0.2) is 0 Å². The Hall–Kier alpha value is -1.96. The molecule has 5 rings (SSSR count). The van der Waals surface area contributed by atoms with E-state index in [2.05, 4.69) is 4.98 Å². The first-order valence-corrected chi connectivity index (χ1v) is 9.71. The zero-order valence-electron chi connectivity index (χ0n) is 15.5. The molecule has 1 N–H and O–H groups in total. The number of ether oxygens (including phenoxy) is 2. The first-order valence-electron chi connectivity index (χ1n) is 9.71. The van der Waals surface area contributed by atoms with Gasteiger partial charge in [-0.05, 0) is 25.5 Å². The molecule has 5 heterocycles. The zero-order valence-corrected chi connectivity index (χ0v) is 15.5. The van der Waals surface area contributed by atoms with Gasteiger partial charge in [-0.15, -0.1) is 0 Å². The summed E-state index contributed by atoms with van der Waals surface area (Å²) >= 11 is 0. The summed E-state index contributed by atoms with van der Waals surface area (Å²) in [6.45, 7) is 4.60. The van der Waals surface area contributed by atoms with E-state index >= 15 is 0 Å². The van der Waals surface area contributed by atoms with Gasteiger partial charge >= 0.3 is 0 Å². The standard InChI is InChI=1S/C20H25N3O4/c1-13-9-22-6-2-3-15(18(22)21-13)19(24)23-10-14-11-27-8-5-20(14,25)16-12-26-7-4-17(16)23/h2-3,6,9,14,16-17,25H,4-5,7-8,10-12H2,1H3/t14-,16+,17-,20-/m1/s1. The fourth-order valence-electron chi connectivity index (χ4n) is 5.15. The second-order valence-corrected chi connectivity index (χ2v) is 8.04. The fraction of sp³-hybridized carbons (Fsp3) is 0.600. The molecule has 0 saturated carbocycles. The minimum Gasteiger partial charge on any atom is -0.389 e. The molecule has 2 aromatic rings. The maximum Gasteiger partial charge on any atom is 0.257 e. The highest BCUT2D eigenvalue weighted by Gasteiger charge is 2.56. The SMILES string of the molecule is Cc1cn2cccc(C(=O)N3C[C@@H]4COCC[C@]4(O)[C@H]4COCC[C@H]43)c2n1. The normalized spacial score (nSPS) is 33.6. The molecule has 4 atom stereocenters. The Bertz CT molecular complexity index is 881. The van der Waals surface area contributed by atoms with Crippen molar-refractivity contribution in [3.8, 4) is 0 Å². The number of pyridine rings is 1. The zero-order chi connectivity index (χ0) is 18.6.